The van der Waals surface area contributed by atoms with E-state index >= 15 is 0 Å². The first-order chi connectivity index (χ1) is 12.9. The molecule has 0 saturated heterocycles. The molecule has 2 aromatic rings. The molecule has 144 valence electrons. The van der Waals surface area contributed by atoms with Crippen molar-refractivity contribution >= 4 is 35.0 Å². The molecule has 0 aliphatic heterocycles. The van der Waals surface area contributed by atoms with Crippen LogP contribution in [-0.2, 0) is 0 Å². The molecule has 2 aromatic heterocycles. The quantitative estimate of drug-likeness (QED) is 0.470. The third-order valence-corrected chi connectivity index (χ3v) is 4.94. The molecule has 2 heterocycles. The zero-order valence-corrected chi connectivity index (χ0v) is 15.5. The predicted molar refractivity (Wildman–Crippen MR) is 104 cm³/mol. The summed E-state index contributed by atoms with van der Waals surface area (Å²) in [6.45, 7) is 0.457. The van der Waals surface area contributed by atoms with Crippen LogP contribution >= 0.6 is 11.6 Å². The van der Waals surface area contributed by atoms with Gasteiger partial charge in [0.25, 0.3) is 11.5 Å². The number of hydrogen-bond acceptors (Lipinski definition) is 7. The van der Waals surface area contributed by atoms with Gasteiger partial charge in [0.1, 0.15) is 5.56 Å². The fourth-order valence-corrected chi connectivity index (χ4v) is 3.34. The van der Waals surface area contributed by atoms with Gasteiger partial charge in [0, 0.05) is 18.3 Å². The summed E-state index contributed by atoms with van der Waals surface area (Å²) in [6, 6.07) is 3.30. The van der Waals surface area contributed by atoms with Gasteiger partial charge in [-0.3, -0.25) is 14.6 Å². The molecule has 0 radical (unpaired) electrons. The molecule has 7 N–H and O–H groups in total. The summed E-state index contributed by atoms with van der Waals surface area (Å²) in [7, 11) is 0. The van der Waals surface area contributed by atoms with Crippen LogP contribution in [0.5, 0.6) is 0 Å². The van der Waals surface area contributed by atoms with Crippen molar-refractivity contribution in [1.29, 1.82) is 0 Å². The van der Waals surface area contributed by atoms with Crippen LogP contribution in [0.3, 0.4) is 0 Å². The van der Waals surface area contributed by atoms with Gasteiger partial charge in [-0.2, -0.15) is 4.98 Å². The molecule has 0 unspecified atom stereocenters. The Balaban J connectivity index is 1.88. The topological polar surface area (TPSA) is 152 Å². The van der Waals surface area contributed by atoms with Gasteiger partial charge in [-0.1, -0.05) is 30.9 Å². The van der Waals surface area contributed by atoms with Crippen molar-refractivity contribution in [2.24, 2.45) is 11.5 Å². The first-order valence-electron chi connectivity index (χ1n) is 8.72. The summed E-state index contributed by atoms with van der Waals surface area (Å²) < 4.78 is 0. The molecule has 9 nitrogen and oxygen atoms in total. The third-order valence-electron chi connectivity index (χ3n) is 4.64. The van der Waals surface area contributed by atoms with E-state index in [2.05, 4.69) is 25.6 Å². The van der Waals surface area contributed by atoms with Crippen molar-refractivity contribution in [3.05, 3.63) is 39.4 Å². The molecule has 3 rings (SSSR count). The monoisotopic (exact) mass is 391 g/mol. The minimum atomic E-state index is -0.902. The van der Waals surface area contributed by atoms with Gasteiger partial charge in [0.2, 0.25) is 5.95 Å². The number of nitrogens with zero attached hydrogens (tertiary/aromatic N) is 2. The summed E-state index contributed by atoms with van der Waals surface area (Å²) in [4.78, 5) is 34.8. The zero-order chi connectivity index (χ0) is 19.4. The van der Waals surface area contributed by atoms with Gasteiger partial charge < -0.3 is 22.1 Å². The second-order valence-electron chi connectivity index (χ2n) is 6.75. The van der Waals surface area contributed by atoms with E-state index in [9.17, 15) is 9.59 Å². The number of nitrogens with one attached hydrogen (secondary N) is 3. The lowest BCUT2D eigenvalue weighted by Crippen LogP contribution is -2.48. The zero-order valence-electron chi connectivity index (χ0n) is 14.7. The standard InChI is InChI=1S/C17H22ClN7O2/c18-12-10(5-4-8-21-12)23-14-11(13(19)26)15(27)25-16(24-14)22-9-17(20)6-2-1-3-7-17/h4-5,8H,1-3,6-7,9,20H2,(H2,19,26)(H3,22,23,24,25,27). The normalized spacial score (nSPS) is 15.9. The fraction of sp³-hybridized carbons (Fsp3) is 0.412. The number of carbonyl (C=O) groups excluding carboxylic acids is 1. The Morgan fingerprint density at radius 2 is 2.07 bits per heavy atom. The Labute approximate surface area is 160 Å². The van der Waals surface area contributed by atoms with E-state index in [0.29, 0.717) is 12.2 Å². The number of aromatic amines is 1. The summed E-state index contributed by atoms with van der Waals surface area (Å²) >= 11 is 6.03. The summed E-state index contributed by atoms with van der Waals surface area (Å²) in [5.41, 5.74) is 10.9. The maximum Gasteiger partial charge on any atom is 0.267 e. The molecule has 0 spiro atoms. The van der Waals surface area contributed by atoms with E-state index in [1.165, 1.54) is 12.6 Å². The van der Waals surface area contributed by atoms with Gasteiger partial charge >= 0.3 is 0 Å². The van der Waals surface area contributed by atoms with E-state index < -0.39 is 11.5 Å². The van der Waals surface area contributed by atoms with Crippen LogP contribution in [0.15, 0.2) is 23.1 Å². The van der Waals surface area contributed by atoms with Gasteiger partial charge in [0.15, 0.2) is 11.0 Å². The molecule has 1 amide bonds. The lowest BCUT2D eigenvalue weighted by atomic mass is 9.82. The van der Waals surface area contributed by atoms with Crippen LogP contribution < -0.4 is 27.7 Å². The second kappa shape index (κ2) is 7.93. The smallest absolute Gasteiger partial charge is 0.267 e. The van der Waals surface area contributed by atoms with Crippen molar-refractivity contribution in [1.82, 2.24) is 15.0 Å². The Bertz CT molecular complexity index is 893. The molecular formula is C17H22ClN7O2. The molecule has 1 fully saturated rings. The lowest BCUT2D eigenvalue weighted by Gasteiger charge is -2.33. The number of aromatic nitrogens is 3. The van der Waals surface area contributed by atoms with Gasteiger partial charge in [-0.25, -0.2) is 4.98 Å². The van der Waals surface area contributed by atoms with Crippen LogP contribution in [0.1, 0.15) is 42.5 Å². The van der Waals surface area contributed by atoms with Crippen LogP contribution in [0.25, 0.3) is 0 Å². The highest BCUT2D eigenvalue weighted by atomic mass is 35.5. The highest BCUT2D eigenvalue weighted by Crippen LogP contribution is 2.26. The van der Waals surface area contributed by atoms with E-state index in [0.717, 1.165) is 25.7 Å². The number of H-pyrrole nitrogens is 1. The van der Waals surface area contributed by atoms with Crippen LogP contribution in [0, 0.1) is 0 Å². The van der Waals surface area contributed by atoms with Crippen LogP contribution in [-0.4, -0.2) is 32.9 Å². The molecule has 0 aromatic carbocycles. The highest BCUT2D eigenvalue weighted by Gasteiger charge is 2.27. The lowest BCUT2D eigenvalue weighted by molar-refractivity contribution is 0.0999. The minimum Gasteiger partial charge on any atom is -0.365 e. The Morgan fingerprint density at radius 1 is 1.33 bits per heavy atom. The first-order valence-corrected chi connectivity index (χ1v) is 9.10. The predicted octanol–water partition coefficient (Wildman–Crippen LogP) is 1.73. The number of carbonyl (C=O) groups is 1. The van der Waals surface area contributed by atoms with E-state index in [4.69, 9.17) is 23.1 Å². The third kappa shape index (κ3) is 4.55. The van der Waals surface area contributed by atoms with Crippen molar-refractivity contribution < 1.29 is 4.79 Å². The number of hydrogen-bond donors (Lipinski definition) is 5. The van der Waals surface area contributed by atoms with E-state index in [1.54, 1.807) is 12.1 Å². The van der Waals surface area contributed by atoms with Crippen molar-refractivity contribution in [2.45, 2.75) is 37.6 Å². The van der Waals surface area contributed by atoms with Gasteiger partial charge in [0.05, 0.1) is 5.69 Å². The molecular weight excluding hydrogens is 370 g/mol. The molecule has 27 heavy (non-hydrogen) atoms. The molecule has 1 aliphatic carbocycles. The summed E-state index contributed by atoms with van der Waals surface area (Å²) in [5, 5.41) is 6.10. The average molecular weight is 392 g/mol. The number of rotatable bonds is 6. The number of pyridine rings is 1. The number of primary amides is 1. The second-order valence-corrected chi connectivity index (χ2v) is 7.10. The molecule has 1 saturated carbocycles. The maximum atomic E-state index is 12.4. The summed E-state index contributed by atoms with van der Waals surface area (Å²) in [6.07, 6.45) is 6.66. The first kappa shape index (κ1) is 19.1. The average Bonchev–Trinajstić information content (AvgIpc) is 2.62. The number of halogens is 1. The number of anilines is 3. The molecule has 1 aliphatic rings. The van der Waals surface area contributed by atoms with Gasteiger partial charge in [-0.05, 0) is 25.0 Å². The van der Waals surface area contributed by atoms with E-state index in [-0.39, 0.29) is 28.0 Å². The molecule has 10 heteroatoms. The van der Waals surface area contributed by atoms with E-state index in [1.807, 2.05) is 0 Å². The van der Waals surface area contributed by atoms with Crippen LogP contribution in [0.2, 0.25) is 5.15 Å². The Kier molecular flexibility index (Phi) is 5.62. The number of nitrogens with two attached hydrogens (primary N) is 2. The number of amides is 1. The van der Waals surface area contributed by atoms with Crippen molar-refractivity contribution in [3.8, 4) is 0 Å². The van der Waals surface area contributed by atoms with Gasteiger partial charge in [-0.15, -0.1) is 0 Å². The molecule has 0 bridgehead atoms. The maximum absolute atomic E-state index is 12.4. The SMILES string of the molecule is NC(=O)c1c(Nc2cccnc2Cl)nc(NCC2(N)CCCCC2)[nH]c1=O. The Hall–Kier alpha value is -2.65. The Morgan fingerprint density at radius 3 is 2.74 bits per heavy atom. The largest absolute Gasteiger partial charge is 0.365 e. The molecule has 0 atom stereocenters. The minimum absolute atomic E-state index is 0.00151. The fourth-order valence-electron chi connectivity index (χ4n) is 3.18. The van der Waals surface area contributed by atoms with Crippen molar-refractivity contribution in [3.63, 3.8) is 0 Å². The van der Waals surface area contributed by atoms with Crippen molar-refractivity contribution in [2.75, 3.05) is 17.2 Å². The van der Waals surface area contributed by atoms with Crippen LogP contribution in [0.4, 0.5) is 17.5 Å². The highest BCUT2D eigenvalue weighted by molar-refractivity contribution is 6.32. The summed E-state index contributed by atoms with van der Waals surface area (Å²) in [5.74, 6) is -0.707.